The van der Waals surface area contributed by atoms with E-state index in [4.69, 9.17) is 0 Å². The summed E-state index contributed by atoms with van der Waals surface area (Å²) in [6, 6.07) is 0. The van der Waals surface area contributed by atoms with Crippen molar-refractivity contribution in [3.8, 4) is 0 Å². The minimum absolute atomic E-state index is 0. The molecule has 1 radical (unpaired) electrons. The van der Waals surface area contributed by atoms with Gasteiger partial charge in [0.25, 0.3) is 0 Å². The smallest absolute Gasteiger partial charge is 0.0111 e. The van der Waals surface area contributed by atoms with Gasteiger partial charge in [-0.1, -0.05) is 6.92 Å². The molecule has 0 bridgehead atoms. The van der Waals surface area contributed by atoms with E-state index >= 15 is 0 Å². The number of piperazine rings is 1. The molecule has 0 atom stereocenters. The van der Waals surface area contributed by atoms with Crippen molar-refractivity contribution in [2.24, 2.45) is 0 Å². The zero-order chi connectivity index (χ0) is 9.03. The molecule has 1 saturated heterocycles. The van der Waals surface area contributed by atoms with Crippen LogP contribution in [0.15, 0.2) is 0 Å². The molecular weight excluding hydrogens is 237 g/mol. The van der Waals surface area contributed by atoms with Gasteiger partial charge in [-0.25, -0.2) is 0 Å². The minimum atomic E-state index is 0. The Bertz CT molecular complexity index is 129. The monoisotopic (exact) mass is 257 g/mol. The molecular formula is C10H20N2Y-2. The van der Waals surface area contributed by atoms with Crippen molar-refractivity contribution < 1.29 is 32.7 Å². The van der Waals surface area contributed by atoms with E-state index in [0.717, 1.165) is 39.0 Å². The van der Waals surface area contributed by atoms with E-state index in [0.29, 0.717) is 0 Å². The van der Waals surface area contributed by atoms with Crippen LogP contribution in [0.1, 0.15) is 19.8 Å². The van der Waals surface area contributed by atoms with Gasteiger partial charge in [-0.05, 0) is 5.54 Å². The maximum Gasteiger partial charge on any atom is 0.0111 e. The molecule has 2 nitrogen and oxygen atoms in total. The summed E-state index contributed by atoms with van der Waals surface area (Å²) in [6.45, 7) is 14.8. The molecule has 0 unspecified atom stereocenters. The van der Waals surface area contributed by atoms with Crippen molar-refractivity contribution in [3.63, 3.8) is 0 Å². The number of nitrogens with zero attached hydrogens (tertiary/aromatic N) is 1. The molecule has 1 rings (SSSR count). The molecule has 13 heavy (non-hydrogen) atoms. The number of hydrogen-bond acceptors (Lipinski definition) is 2. The molecule has 1 fully saturated rings. The van der Waals surface area contributed by atoms with Crippen LogP contribution in [-0.2, 0) is 32.7 Å². The van der Waals surface area contributed by atoms with Crippen LogP contribution >= 0.6 is 0 Å². The van der Waals surface area contributed by atoms with E-state index in [1.165, 1.54) is 0 Å². The van der Waals surface area contributed by atoms with Gasteiger partial charge in [-0.3, -0.25) is 0 Å². The summed E-state index contributed by atoms with van der Waals surface area (Å²) in [6.07, 6.45) is 1.91. The molecule has 0 aromatic heterocycles. The number of hydrogen-bond donors (Lipinski definition) is 1. The summed E-state index contributed by atoms with van der Waals surface area (Å²) in [5.41, 5.74) is 0.224. The second-order valence-corrected chi connectivity index (χ2v) is 3.73. The van der Waals surface area contributed by atoms with E-state index in [-0.39, 0.29) is 38.2 Å². The second kappa shape index (κ2) is 6.50. The van der Waals surface area contributed by atoms with Gasteiger partial charge in [-0.2, -0.15) is 12.8 Å². The van der Waals surface area contributed by atoms with Crippen molar-refractivity contribution in [2.45, 2.75) is 25.3 Å². The SMILES string of the molecule is [CH2-]CC(C)(C[CH2-])N1CCNCC1.[Y]. The molecule has 0 amide bonds. The van der Waals surface area contributed by atoms with Gasteiger partial charge in [-0.15, -0.1) is 0 Å². The quantitative estimate of drug-likeness (QED) is 0.762. The molecule has 0 aliphatic carbocycles. The first-order valence-electron chi connectivity index (χ1n) is 4.77. The summed E-state index contributed by atoms with van der Waals surface area (Å²) >= 11 is 0. The first-order chi connectivity index (χ1) is 5.73. The fourth-order valence-corrected chi connectivity index (χ4v) is 1.65. The zero-order valence-corrected chi connectivity index (χ0v) is 11.5. The molecule has 75 valence electrons. The van der Waals surface area contributed by atoms with Crippen LogP contribution < -0.4 is 5.32 Å². The normalized spacial score (nSPS) is 19.6. The van der Waals surface area contributed by atoms with Gasteiger partial charge in [0, 0.05) is 58.9 Å². The van der Waals surface area contributed by atoms with Crippen LogP contribution in [-0.4, -0.2) is 36.6 Å². The first-order valence-corrected chi connectivity index (χ1v) is 4.77. The minimum Gasteiger partial charge on any atom is -0.342 e. The van der Waals surface area contributed by atoms with Crippen molar-refractivity contribution >= 4 is 0 Å². The molecule has 3 heteroatoms. The van der Waals surface area contributed by atoms with Crippen molar-refractivity contribution in [1.82, 2.24) is 10.2 Å². The Morgan fingerprint density at radius 3 is 2.08 bits per heavy atom. The Morgan fingerprint density at radius 2 is 1.69 bits per heavy atom. The number of rotatable bonds is 3. The first kappa shape index (κ1) is 14.0. The van der Waals surface area contributed by atoms with Crippen LogP contribution in [0.2, 0.25) is 0 Å². The molecule has 1 N–H and O–H groups in total. The van der Waals surface area contributed by atoms with Crippen LogP contribution in [0.5, 0.6) is 0 Å². The fourth-order valence-electron chi connectivity index (χ4n) is 1.65. The molecule has 1 aliphatic heterocycles. The Hall–Kier alpha value is 1.02. The Kier molecular flexibility index (Phi) is 7.01. The second-order valence-electron chi connectivity index (χ2n) is 3.73. The van der Waals surface area contributed by atoms with Crippen LogP contribution in [0, 0.1) is 13.8 Å². The van der Waals surface area contributed by atoms with Crippen LogP contribution in [0.25, 0.3) is 0 Å². The van der Waals surface area contributed by atoms with Gasteiger partial charge >= 0.3 is 0 Å². The molecule has 1 heterocycles. The van der Waals surface area contributed by atoms with Crippen LogP contribution in [0.4, 0.5) is 0 Å². The molecule has 0 spiro atoms. The Labute approximate surface area is 108 Å². The van der Waals surface area contributed by atoms with Crippen molar-refractivity contribution in [2.75, 3.05) is 26.2 Å². The van der Waals surface area contributed by atoms with Gasteiger partial charge in [0.1, 0.15) is 0 Å². The molecule has 0 aromatic rings. The standard InChI is InChI=1S/C10H20N2.Y/c1-4-10(3,5-2)12-8-6-11-7-9-12;/h11H,1-2,4-9H2,3H3;/q-2;. The van der Waals surface area contributed by atoms with Gasteiger partial charge in [0.2, 0.25) is 0 Å². The largest absolute Gasteiger partial charge is 0.342 e. The Morgan fingerprint density at radius 1 is 1.23 bits per heavy atom. The van der Waals surface area contributed by atoms with Crippen LogP contribution in [0.3, 0.4) is 0 Å². The van der Waals surface area contributed by atoms with E-state index in [1.54, 1.807) is 0 Å². The summed E-state index contributed by atoms with van der Waals surface area (Å²) in [5.74, 6) is 0. The summed E-state index contributed by atoms with van der Waals surface area (Å²) in [4.78, 5) is 2.50. The topological polar surface area (TPSA) is 15.3 Å². The average Bonchev–Trinajstić information content (AvgIpc) is 2.18. The van der Waals surface area contributed by atoms with Crippen molar-refractivity contribution in [1.29, 1.82) is 0 Å². The summed E-state index contributed by atoms with van der Waals surface area (Å²) in [7, 11) is 0. The van der Waals surface area contributed by atoms with E-state index in [9.17, 15) is 0 Å². The third-order valence-electron chi connectivity index (χ3n) is 2.96. The average molecular weight is 257 g/mol. The van der Waals surface area contributed by atoms with E-state index in [1.807, 2.05) is 0 Å². The van der Waals surface area contributed by atoms with Gasteiger partial charge < -0.3 is 24.1 Å². The zero-order valence-electron chi connectivity index (χ0n) is 8.68. The molecule has 1 aliphatic rings. The maximum absolute atomic E-state index is 4.00. The summed E-state index contributed by atoms with van der Waals surface area (Å²) < 4.78 is 0. The number of nitrogens with one attached hydrogen (secondary N) is 1. The fraction of sp³-hybridized carbons (Fsp3) is 0.800. The Balaban J connectivity index is 0.00000144. The third kappa shape index (κ3) is 3.58. The van der Waals surface area contributed by atoms with E-state index in [2.05, 4.69) is 31.0 Å². The molecule has 0 aromatic carbocycles. The van der Waals surface area contributed by atoms with E-state index < -0.39 is 0 Å². The summed E-state index contributed by atoms with van der Waals surface area (Å²) in [5, 5.41) is 3.35. The molecule has 0 saturated carbocycles. The maximum atomic E-state index is 4.00. The third-order valence-corrected chi connectivity index (χ3v) is 2.96. The van der Waals surface area contributed by atoms with Gasteiger partial charge in [0.15, 0.2) is 0 Å². The predicted molar refractivity (Wildman–Crippen MR) is 52.8 cm³/mol. The predicted octanol–water partition coefficient (Wildman–Crippen LogP) is 1.10. The van der Waals surface area contributed by atoms with Crippen molar-refractivity contribution in [3.05, 3.63) is 13.8 Å². The van der Waals surface area contributed by atoms with Gasteiger partial charge in [0.05, 0.1) is 0 Å².